The molecule has 0 spiro atoms. The quantitative estimate of drug-likeness (QED) is 0.0411. The molecule has 0 radical (unpaired) electrons. The molecule has 374 valence electrons. The lowest BCUT2D eigenvalue weighted by Crippen LogP contribution is -2.34. The minimum Gasteiger partial charge on any atom is -0.454 e. The van der Waals surface area contributed by atoms with Crippen molar-refractivity contribution in [2.45, 2.75) is 73.9 Å². The Morgan fingerprint density at radius 1 is 0.824 bits per heavy atom. The van der Waals surface area contributed by atoms with Crippen molar-refractivity contribution in [3.8, 4) is 6.01 Å². The number of hydrogen-bond acceptors (Lipinski definition) is 23. The SMILES string of the molecule is N.N=c1nc2n(cc1F)[C@@H]1O[C@H](CO)[C@@H](O)[C@@H]1O2.Nc1nc(F)nc2c1ncn2[C@@H]1O[C@H](COP(=O)(O)O)[C@@H](O)[C@@H]1O.O=c1[nH]c(=O)n([C@H]2C[C@H](O)[C@@H](CO)O2)cc1F.O=c1[nH]cc(F)c(=O)[nH]1. The number of nitrogen functional groups attached to an aromatic ring is 1. The second kappa shape index (κ2) is 21.4. The van der Waals surface area contributed by atoms with Crippen LogP contribution in [0.3, 0.4) is 0 Å². The third-order valence-electron chi connectivity index (χ3n) is 9.75. The van der Waals surface area contributed by atoms with Gasteiger partial charge in [-0.1, -0.05) is 0 Å². The highest BCUT2D eigenvalue weighted by Gasteiger charge is 2.51. The molecule has 5 aromatic heterocycles. The lowest BCUT2D eigenvalue weighted by molar-refractivity contribution is -0.0504. The maximum Gasteiger partial charge on any atom is 0.469 e. The Hall–Kier alpha value is -6.18. The Balaban J connectivity index is 0.000000176. The maximum atomic E-state index is 13.3. The van der Waals surface area contributed by atoms with Gasteiger partial charge in [0, 0.05) is 12.6 Å². The van der Waals surface area contributed by atoms with E-state index in [2.05, 4.69) is 24.5 Å². The van der Waals surface area contributed by atoms with E-state index in [1.165, 1.54) is 4.57 Å². The zero-order valence-corrected chi connectivity index (χ0v) is 34.9. The molecule has 0 amide bonds. The van der Waals surface area contributed by atoms with Crippen molar-refractivity contribution in [2.24, 2.45) is 0 Å². The van der Waals surface area contributed by atoms with Crippen LogP contribution in [0.1, 0.15) is 25.1 Å². The molecule has 4 aliphatic heterocycles. The van der Waals surface area contributed by atoms with Crippen LogP contribution in [0.25, 0.3) is 11.2 Å². The number of fused-ring (bicyclic) bond motifs is 4. The highest BCUT2D eigenvalue weighted by Crippen LogP contribution is 2.40. The second-order valence-electron chi connectivity index (χ2n) is 14.2. The van der Waals surface area contributed by atoms with E-state index in [9.17, 15) is 61.7 Å². The molecule has 0 aromatic carbocycles. The molecule has 17 N–H and O–H groups in total. The van der Waals surface area contributed by atoms with Crippen molar-refractivity contribution in [1.29, 1.82) is 5.41 Å². The number of nitrogens with one attached hydrogen (secondary N) is 4. The molecule has 3 fully saturated rings. The summed E-state index contributed by atoms with van der Waals surface area (Å²) in [6.07, 6.45) is -8.84. The average Bonchev–Trinajstić information content (AvgIpc) is 4.07. The van der Waals surface area contributed by atoms with Gasteiger partial charge in [-0.05, 0) is 0 Å². The lowest BCUT2D eigenvalue weighted by atomic mass is 10.1. The number of nitrogens with zero attached hydrogens (tertiary/aromatic N) is 7. The van der Waals surface area contributed by atoms with E-state index < -0.39 is 140 Å². The number of aromatic amines is 3. The molecule has 0 saturated carbocycles. The molecule has 3 saturated heterocycles. The normalized spacial score (nSPS) is 26.8. The van der Waals surface area contributed by atoms with Gasteiger partial charge >= 0.3 is 31.3 Å². The number of aliphatic hydroxyl groups is 6. The maximum absolute atomic E-state index is 13.3. The van der Waals surface area contributed by atoms with Crippen molar-refractivity contribution in [1.82, 2.24) is 54.7 Å². The van der Waals surface area contributed by atoms with E-state index in [-0.39, 0.29) is 42.2 Å². The minimum absolute atomic E-state index is 0. The Labute approximate surface area is 372 Å². The number of anilines is 1. The van der Waals surface area contributed by atoms with Crippen LogP contribution in [-0.2, 0) is 23.3 Å². The number of imidazole rings is 1. The first-order valence-electron chi connectivity index (χ1n) is 18.8. The van der Waals surface area contributed by atoms with Gasteiger partial charge < -0.3 is 76.2 Å². The van der Waals surface area contributed by atoms with Crippen molar-refractivity contribution in [3.05, 3.63) is 95.6 Å². The van der Waals surface area contributed by atoms with Gasteiger partial charge in [-0.25, -0.2) is 23.5 Å². The zero-order chi connectivity index (χ0) is 49.2. The highest BCUT2D eigenvalue weighted by molar-refractivity contribution is 7.46. The van der Waals surface area contributed by atoms with Crippen molar-refractivity contribution < 1.29 is 86.0 Å². The van der Waals surface area contributed by atoms with Gasteiger partial charge in [-0.2, -0.15) is 28.1 Å². The lowest BCUT2D eigenvalue weighted by Gasteiger charge is -2.16. The smallest absolute Gasteiger partial charge is 0.454 e. The molecular formula is C32H40F4N13O18P. The molecule has 0 bridgehead atoms. The first-order valence-corrected chi connectivity index (χ1v) is 20.3. The monoisotopic (exact) mass is 1000 g/mol. The van der Waals surface area contributed by atoms with Gasteiger partial charge in [-0.3, -0.25) is 43.2 Å². The van der Waals surface area contributed by atoms with E-state index in [4.69, 9.17) is 50.1 Å². The van der Waals surface area contributed by atoms with Crippen LogP contribution in [0.15, 0.2) is 44.1 Å². The molecule has 0 unspecified atom stereocenters. The minimum atomic E-state index is -4.78. The van der Waals surface area contributed by atoms with Crippen molar-refractivity contribution >= 4 is 24.8 Å². The van der Waals surface area contributed by atoms with Crippen LogP contribution in [0, 0.1) is 28.9 Å². The summed E-state index contributed by atoms with van der Waals surface area (Å²) in [5, 5.41) is 64.3. The molecule has 4 aliphatic rings. The van der Waals surface area contributed by atoms with Crippen molar-refractivity contribution in [2.75, 3.05) is 25.6 Å². The van der Waals surface area contributed by atoms with Gasteiger partial charge in [0.2, 0.25) is 11.6 Å². The third kappa shape index (κ3) is 11.6. The number of rotatable bonds is 7. The van der Waals surface area contributed by atoms with Gasteiger partial charge in [0.25, 0.3) is 11.1 Å². The summed E-state index contributed by atoms with van der Waals surface area (Å²) in [6.45, 7) is -1.42. The van der Waals surface area contributed by atoms with Crippen LogP contribution in [-0.4, -0.2) is 158 Å². The molecule has 0 aliphatic carbocycles. The average molecular weight is 1000 g/mol. The Kier molecular flexibility index (Phi) is 16.6. The van der Waals surface area contributed by atoms with Crippen molar-refractivity contribution in [3.63, 3.8) is 0 Å². The van der Waals surface area contributed by atoms with Crippen LogP contribution in [0.4, 0.5) is 23.4 Å². The Morgan fingerprint density at radius 2 is 1.47 bits per heavy atom. The number of halogens is 4. The number of ether oxygens (including phenoxy) is 4. The number of phosphoric ester groups is 1. The second-order valence-corrected chi connectivity index (χ2v) is 15.4. The largest absolute Gasteiger partial charge is 0.469 e. The number of nitrogens with two attached hydrogens (primary N) is 1. The molecule has 31 nitrogen and oxygen atoms in total. The molecule has 9 heterocycles. The predicted octanol–water partition coefficient (Wildman–Crippen LogP) is -5.53. The molecule has 11 atom stereocenters. The van der Waals surface area contributed by atoms with Crippen LogP contribution in [0.5, 0.6) is 6.01 Å². The third-order valence-corrected chi connectivity index (χ3v) is 10.2. The first-order chi connectivity index (χ1) is 31.5. The fourth-order valence-corrected chi connectivity index (χ4v) is 6.88. The van der Waals surface area contributed by atoms with Crippen LogP contribution in [0.2, 0.25) is 0 Å². The molecule has 68 heavy (non-hydrogen) atoms. The number of aromatic nitrogens is 10. The summed E-state index contributed by atoms with van der Waals surface area (Å²) in [6, 6.07) is 0.0295. The summed E-state index contributed by atoms with van der Waals surface area (Å²) in [5.41, 5.74) is 1.35. The predicted molar refractivity (Wildman–Crippen MR) is 209 cm³/mol. The standard InChI is InChI=1S/C10H13FN5O7P.C9H10FN3O4.C9H11FN2O5.C4H3FN2O2.H3N/c11-10-14-7(12)4-8(15-10)16(2-13-4)9-6(18)5(17)3(23-9)1-22-24(19,20)21;10-3-1-13-8-6(5(15)4(2-14)16-8)17-9(13)12-7(3)11;10-4-2-12(9(16)11-8(4)15)7-1-5(14)6(3-13)17-7;5-2-1-6-4(9)7-3(2)8;/h2-3,5-6,9,17-18H,1H2,(H2,12,14,15)(H2,19,20,21);1,4-6,8,11,14-15H,2H2;2,5-7,13-14H,1,3H2,(H,11,15,16);1H,(H2,6,7,8,9);1H3/t3-,5-,6+,9-;4-,5-,6+,8-;5-,6+,7+;;/m110../s1. The van der Waals surface area contributed by atoms with Gasteiger partial charge in [0.05, 0.1) is 44.6 Å². The van der Waals surface area contributed by atoms with E-state index in [0.29, 0.717) is 6.20 Å². The molecule has 9 rings (SSSR count). The van der Waals surface area contributed by atoms with E-state index in [0.717, 1.165) is 27.9 Å². The summed E-state index contributed by atoms with van der Waals surface area (Å²) in [4.78, 5) is 79.7. The van der Waals surface area contributed by atoms with Crippen LogP contribution < -0.4 is 44.6 Å². The van der Waals surface area contributed by atoms with E-state index in [1.54, 1.807) is 9.97 Å². The van der Waals surface area contributed by atoms with Crippen LogP contribution >= 0.6 is 7.82 Å². The number of phosphoric acid groups is 1. The topological polar surface area (TPSA) is 492 Å². The summed E-state index contributed by atoms with van der Waals surface area (Å²) in [5.74, 6) is -3.13. The summed E-state index contributed by atoms with van der Waals surface area (Å²) in [7, 11) is -4.78. The van der Waals surface area contributed by atoms with Gasteiger partial charge in [-0.15, -0.1) is 0 Å². The molecule has 5 aromatic rings. The zero-order valence-electron chi connectivity index (χ0n) is 34.0. The summed E-state index contributed by atoms with van der Waals surface area (Å²) < 4.78 is 90.9. The molecule has 36 heteroatoms. The number of H-pyrrole nitrogens is 3. The van der Waals surface area contributed by atoms with E-state index >= 15 is 0 Å². The van der Waals surface area contributed by atoms with E-state index in [1.807, 2.05) is 4.98 Å². The van der Waals surface area contributed by atoms with Gasteiger partial charge in [0.15, 0.2) is 46.8 Å². The molecular weight excluding hydrogens is 961 g/mol. The summed E-state index contributed by atoms with van der Waals surface area (Å²) >= 11 is 0. The fraction of sp³-hybridized carbons (Fsp3) is 0.469. The van der Waals surface area contributed by atoms with Gasteiger partial charge in [0.1, 0.15) is 42.9 Å². The number of hydrogen-bond donors (Lipinski definition) is 14. The Morgan fingerprint density at radius 3 is 2.09 bits per heavy atom. The number of aliphatic hydroxyl groups excluding tert-OH is 6. The first kappa shape index (κ1) is 52.8. The fourth-order valence-electron chi connectivity index (χ4n) is 6.54. The Bertz CT molecular complexity index is 2930. The highest BCUT2D eigenvalue weighted by atomic mass is 31.2.